The normalized spacial score (nSPS) is 20.4. The van der Waals surface area contributed by atoms with E-state index in [1.807, 2.05) is 36.3 Å². The zero-order valence-electron chi connectivity index (χ0n) is 15.1. The highest BCUT2D eigenvalue weighted by Gasteiger charge is 2.46. The number of hydrogen-bond donors (Lipinski definition) is 1. The lowest BCUT2D eigenvalue weighted by Crippen LogP contribution is -2.49. The summed E-state index contributed by atoms with van der Waals surface area (Å²) in [6.07, 6.45) is -0.631. The third-order valence-electron chi connectivity index (χ3n) is 3.84. The first-order valence-electron chi connectivity index (χ1n) is 8.05. The van der Waals surface area contributed by atoms with E-state index in [0.717, 1.165) is 5.56 Å². The van der Waals surface area contributed by atoms with Crippen LogP contribution < -0.4 is 5.32 Å². The van der Waals surface area contributed by atoms with Gasteiger partial charge < -0.3 is 10.1 Å². The molecule has 1 amide bonds. The third-order valence-corrected chi connectivity index (χ3v) is 3.84. The lowest BCUT2D eigenvalue weighted by Gasteiger charge is -2.29. The molecule has 0 spiro atoms. The van der Waals surface area contributed by atoms with E-state index in [1.54, 1.807) is 27.7 Å². The predicted molar refractivity (Wildman–Crippen MR) is 94.1 cm³/mol. The van der Waals surface area contributed by atoms with Gasteiger partial charge in [-0.25, -0.2) is 14.7 Å². The molecule has 2 rings (SSSR count). The predicted octanol–water partition coefficient (Wildman–Crippen LogP) is 2.99. The van der Waals surface area contributed by atoms with Crippen molar-refractivity contribution in [1.29, 1.82) is 0 Å². The van der Waals surface area contributed by atoms with Crippen molar-refractivity contribution < 1.29 is 19.2 Å². The van der Waals surface area contributed by atoms with Gasteiger partial charge in [0.05, 0.1) is 13.2 Å². The van der Waals surface area contributed by atoms with E-state index in [1.165, 1.54) is 5.06 Å². The van der Waals surface area contributed by atoms with Gasteiger partial charge in [0.15, 0.2) is 11.6 Å². The number of amides is 1. The number of carbonyl (C=O) groups is 1. The Morgan fingerprint density at radius 2 is 2.00 bits per heavy atom. The largest absolute Gasteiger partial charge is 0.444 e. The van der Waals surface area contributed by atoms with Gasteiger partial charge in [-0.15, -0.1) is 0 Å². The Hall–Kier alpha value is -2.56. The molecule has 1 saturated heterocycles. The molecule has 1 fully saturated rings. The van der Waals surface area contributed by atoms with E-state index in [2.05, 4.69) is 11.9 Å². The molecule has 134 valence electrons. The standard InChI is InChI=1S/C19H24N2O4/c1-14-11-21(24-13-15-9-7-6-8-10-15)16(12-22)19(14,5)20-17(23)25-18(2,3)4/h6-10H,1,11,13H2,2-5H3,(H,20,23)/t19-/m1/s1. The molecule has 0 aromatic heterocycles. The van der Waals surface area contributed by atoms with Gasteiger partial charge in [0.25, 0.3) is 0 Å². The molecule has 0 unspecified atom stereocenters. The van der Waals surface area contributed by atoms with Crippen LogP contribution in [0, 0.1) is 0 Å². The van der Waals surface area contributed by atoms with Crippen LogP contribution in [0.1, 0.15) is 33.3 Å². The van der Waals surface area contributed by atoms with E-state index in [-0.39, 0.29) is 12.2 Å². The summed E-state index contributed by atoms with van der Waals surface area (Å²) in [4.78, 5) is 29.4. The molecule has 0 aliphatic carbocycles. The summed E-state index contributed by atoms with van der Waals surface area (Å²) in [7, 11) is 0. The minimum atomic E-state index is -1.10. The number of ether oxygens (including phenoxy) is 1. The molecule has 1 atom stereocenters. The average molecular weight is 344 g/mol. The summed E-state index contributed by atoms with van der Waals surface area (Å²) < 4.78 is 5.28. The average Bonchev–Trinajstić information content (AvgIpc) is 2.74. The van der Waals surface area contributed by atoms with Crippen molar-refractivity contribution in [2.45, 2.75) is 45.4 Å². The molecule has 1 N–H and O–H groups in total. The molecule has 1 aliphatic heterocycles. The second-order valence-corrected chi connectivity index (χ2v) is 7.10. The number of hydroxylamine groups is 2. The fourth-order valence-corrected chi connectivity index (χ4v) is 2.47. The number of nitrogens with one attached hydrogen (secondary N) is 1. The van der Waals surface area contributed by atoms with E-state index in [0.29, 0.717) is 12.2 Å². The molecule has 6 heteroatoms. The van der Waals surface area contributed by atoms with Crippen molar-refractivity contribution in [1.82, 2.24) is 10.4 Å². The van der Waals surface area contributed by atoms with Gasteiger partial charge >= 0.3 is 6.09 Å². The van der Waals surface area contributed by atoms with Crippen molar-refractivity contribution in [2.24, 2.45) is 0 Å². The summed E-state index contributed by atoms with van der Waals surface area (Å²) in [6.45, 7) is 11.5. The maximum atomic E-state index is 12.1. The van der Waals surface area contributed by atoms with Gasteiger partial charge in [-0.05, 0) is 38.8 Å². The fourth-order valence-electron chi connectivity index (χ4n) is 2.47. The van der Waals surface area contributed by atoms with E-state index in [9.17, 15) is 9.59 Å². The molecular weight excluding hydrogens is 320 g/mol. The van der Waals surface area contributed by atoms with Gasteiger partial charge in [-0.2, -0.15) is 0 Å². The Morgan fingerprint density at radius 1 is 1.36 bits per heavy atom. The van der Waals surface area contributed by atoms with Crippen LogP contribution in [0.3, 0.4) is 0 Å². The Kier molecular flexibility index (Phi) is 5.36. The zero-order chi connectivity index (χ0) is 18.7. The number of nitrogens with zero attached hydrogens (tertiary/aromatic N) is 1. The maximum absolute atomic E-state index is 12.1. The summed E-state index contributed by atoms with van der Waals surface area (Å²) in [5.74, 6) is 1.88. The second-order valence-electron chi connectivity index (χ2n) is 7.10. The molecule has 1 aliphatic rings. The fraction of sp³-hybridized carbons (Fsp3) is 0.421. The molecule has 1 aromatic rings. The molecule has 0 bridgehead atoms. The van der Waals surface area contributed by atoms with Crippen molar-refractivity contribution in [3.8, 4) is 0 Å². The van der Waals surface area contributed by atoms with Gasteiger partial charge in [-0.1, -0.05) is 36.9 Å². The number of rotatable bonds is 4. The van der Waals surface area contributed by atoms with Crippen LogP contribution >= 0.6 is 0 Å². The number of hydrogen-bond acceptors (Lipinski definition) is 5. The highest BCUT2D eigenvalue weighted by atomic mass is 16.7. The SMILES string of the molecule is C=C1CN(OCc2ccccc2)C(=C=O)[C@]1(C)NC(=O)OC(C)(C)C. The van der Waals surface area contributed by atoms with Crippen molar-refractivity contribution in [3.05, 3.63) is 53.7 Å². The van der Waals surface area contributed by atoms with E-state index < -0.39 is 17.2 Å². The molecular formula is C19H24N2O4. The Balaban J connectivity index is 2.10. The molecule has 25 heavy (non-hydrogen) atoms. The highest BCUT2D eigenvalue weighted by molar-refractivity contribution is 5.73. The number of carbonyl (C=O) groups excluding carboxylic acids is 2. The Bertz CT molecular complexity index is 702. The van der Waals surface area contributed by atoms with Gasteiger partial charge in [0, 0.05) is 0 Å². The first kappa shape index (κ1) is 18.8. The lowest BCUT2D eigenvalue weighted by atomic mass is 9.94. The van der Waals surface area contributed by atoms with Crippen LogP contribution in [-0.2, 0) is 21.0 Å². The van der Waals surface area contributed by atoms with E-state index >= 15 is 0 Å². The van der Waals surface area contributed by atoms with Crippen LogP contribution in [0.2, 0.25) is 0 Å². The molecule has 1 heterocycles. The van der Waals surface area contributed by atoms with Crippen LogP contribution in [0.4, 0.5) is 4.79 Å². The monoisotopic (exact) mass is 344 g/mol. The minimum Gasteiger partial charge on any atom is -0.444 e. The summed E-state index contributed by atoms with van der Waals surface area (Å²) in [6, 6.07) is 9.58. The van der Waals surface area contributed by atoms with E-state index in [4.69, 9.17) is 9.57 Å². The van der Waals surface area contributed by atoms with Crippen molar-refractivity contribution in [3.63, 3.8) is 0 Å². The Labute approximate surface area is 148 Å². The van der Waals surface area contributed by atoms with Gasteiger partial charge in [-0.3, -0.25) is 4.84 Å². The van der Waals surface area contributed by atoms with Crippen LogP contribution in [-0.4, -0.2) is 34.8 Å². The van der Waals surface area contributed by atoms with Crippen molar-refractivity contribution in [2.75, 3.05) is 6.54 Å². The molecule has 0 radical (unpaired) electrons. The van der Waals surface area contributed by atoms with Crippen LogP contribution in [0.5, 0.6) is 0 Å². The smallest absolute Gasteiger partial charge is 0.408 e. The quantitative estimate of drug-likeness (QED) is 0.672. The van der Waals surface area contributed by atoms with Crippen LogP contribution in [0.25, 0.3) is 0 Å². The maximum Gasteiger partial charge on any atom is 0.408 e. The molecule has 1 aromatic carbocycles. The topological polar surface area (TPSA) is 67.9 Å². The second kappa shape index (κ2) is 7.13. The lowest BCUT2D eigenvalue weighted by molar-refractivity contribution is -0.129. The molecule has 0 saturated carbocycles. The Morgan fingerprint density at radius 3 is 2.56 bits per heavy atom. The van der Waals surface area contributed by atoms with Crippen molar-refractivity contribution >= 4 is 12.0 Å². The van der Waals surface area contributed by atoms with Crippen LogP contribution in [0.15, 0.2) is 48.2 Å². The highest BCUT2D eigenvalue weighted by Crippen LogP contribution is 2.34. The number of alkyl carbamates (subject to hydrolysis) is 1. The first-order chi connectivity index (χ1) is 11.7. The number of benzene rings is 1. The van der Waals surface area contributed by atoms with Gasteiger partial charge in [0.2, 0.25) is 0 Å². The summed E-state index contributed by atoms with van der Waals surface area (Å²) >= 11 is 0. The summed E-state index contributed by atoms with van der Waals surface area (Å²) in [5.41, 5.74) is 0.00604. The van der Waals surface area contributed by atoms with Gasteiger partial charge in [0.1, 0.15) is 11.1 Å². The zero-order valence-corrected chi connectivity index (χ0v) is 15.1. The molecule has 6 nitrogen and oxygen atoms in total. The minimum absolute atomic E-state index is 0.166. The third kappa shape index (κ3) is 4.50. The summed E-state index contributed by atoms with van der Waals surface area (Å²) in [5, 5.41) is 4.13. The first-order valence-corrected chi connectivity index (χ1v) is 8.05.